The molecular formula is C68H78F4N4S8Si. The number of unbranched alkanes of at least 4 members (excludes halogenated alkanes) is 12. The van der Waals surface area contributed by atoms with Crippen LogP contribution in [0.2, 0.25) is 12.1 Å². The van der Waals surface area contributed by atoms with Crippen LogP contribution in [0.1, 0.15) is 180 Å². The van der Waals surface area contributed by atoms with E-state index in [4.69, 9.17) is 17.5 Å². The van der Waals surface area contributed by atoms with Crippen LogP contribution in [0.4, 0.5) is 17.6 Å². The summed E-state index contributed by atoms with van der Waals surface area (Å²) in [5.74, 6) is -2.77. The highest BCUT2D eigenvalue weighted by Gasteiger charge is 2.51. The first-order valence-corrected chi connectivity index (χ1v) is 40.3. The number of hydrogen-bond donors (Lipinski definition) is 0. The molecule has 8 aromatic heterocycles. The zero-order valence-electron chi connectivity index (χ0n) is 50.0. The number of aryl methyl sites for hydroxylation is 2. The largest absolute Gasteiger partial charge is 0.203 e. The molecule has 4 nitrogen and oxygen atoms in total. The number of thiophene rings is 6. The van der Waals surface area contributed by atoms with Gasteiger partial charge in [0, 0.05) is 58.5 Å². The maximum absolute atomic E-state index is 17.7. The van der Waals surface area contributed by atoms with Gasteiger partial charge in [-0.2, -0.15) is 17.5 Å². The Bertz CT molecular complexity index is 3600. The number of fused-ring (bicyclic) bond motifs is 5. The van der Waals surface area contributed by atoms with Gasteiger partial charge in [-0.25, -0.2) is 17.6 Å². The summed E-state index contributed by atoms with van der Waals surface area (Å²) in [6.07, 6.45) is 25.5. The van der Waals surface area contributed by atoms with Gasteiger partial charge in [-0.15, -0.1) is 68.0 Å². The van der Waals surface area contributed by atoms with Gasteiger partial charge in [-0.05, 0) is 121 Å². The summed E-state index contributed by atoms with van der Waals surface area (Å²) < 4.78 is 89.1. The Morgan fingerprint density at radius 1 is 0.365 bits per heavy atom. The normalized spacial score (nSPS) is 13.7. The number of nitrogens with zero attached hydrogens (tertiary/aromatic N) is 4. The summed E-state index contributed by atoms with van der Waals surface area (Å²) >= 11 is 11.5. The number of halogens is 4. The van der Waals surface area contributed by atoms with Crippen molar-refractivity contribution in [2.75, 3.05) is 0 Å². The second-order valence-electron chi connectivity index (χ2n) is 23.6. The number of hydrogen-bond acceptors (Lipinski definition) is 12. The van der Waals surface area contributed by atoms with E-state index in [0.29, 0.717) is 53.4 Å². The summed E-state index contributed by atoms with van der Waals surface area (Å²) in [4.78, 5) is 11.6. The van der Waals surface area contributed by atoms with E-state index in [2.05, 4.69) is 77.9 Å². The molecule has 17 heteroatoms. The molecule has 450 valence electrons. The third-order valence-electron chi connectivity index (χ3n) is 17.8. The van der Waals surface area contributed by atoms with Gasteiger partial charge in [-0.1, -0.05) is 157 Å². The van der Waals surface area contributed by atoms with E-state index >= 15 is 17.6 Å². The quantitative estimate of drug-likeness (QED) is 0.0240. The van der Waals surface area contributed by atoms with Gasteiger partial charge in [0.15, 0.2) is 23.3 Å². The SMILES string of the molecule is CCCCCCc1ccc(-c2ccc(-c3c(F)c(F)c(-c4cc5c(s4)-c4sc(-c6c(F)c(F)c(-c7ccc(-c8ccc(CCCCCC)s8)s7)c7nsnc67)cc4[Si]5(CC(CC)CCCCCC)CC(CC)CCCCCC)c4nsnc34)s2)s1. The predicted molar refractivity (Wildman–Crippen MR) is 369 cm³/mol. The second-order valence-corrected chi connectivity index (χ2v) is 35.3. The van der Waals surface area contributed by atoms with E-state index < -0.39 is 31.3 Å². The highest BCUT2D eigenvalue weighted by atomic mass is 32.1. The first-order valence-electron chi connectivity index (χ1n) is 31.5. The number of aromatic nitrogens is 4. The molecule has 2 atom stereocenters. The summed E-state index contributed by atoms with van der Waals surface area (Å²) in [6.45, 7) is 13.6. The van der Waals surface area contributed by atoms with Crippen LogP contribution in [-0.2, 0) is 12.8 Å². The lowest BCUT2D eigenvalue weighted by molar-refractivity contribution is 0.457. The summed E-state index contributed by atoms with van der Waals surface area (Å²) in [5, 5.41) is 2.54. The van der Waals surface area contributed by atoms with E-state index in [9.17, 15) is 0 Å². The van der Waals surface area contributed by atoms with Crippen molar-refractivity contribution in [1.82, 2.24) is 17.5 Å². The highest BCUT2D eigenvalue weighted by molar-refractivity contribution is 7.32. The number of benzene rings is 2. The number of rotatable bonds is 32. The first-order chi connectivity index (χ1) is 41.5. The summed E-state index contributed by atoms with van der Waals surface area (Å²) in [5.41, 5.74) is 2.11. The van der Waals surface area contributed by atoms with Crippen LogP contribution in [0.15, 0.2) is 60.7 Å². The fourth-order valence-electron chi connectivity index (χ4n) is 13.1. The average Bonchev–Trinajstić information content (AvgIpc) is 1.58. The highest BCUT2D eigenvalue weighted by Crippen LogP contribution is 2.53. The molecule has 11 rings (SSSR count). The Morgan fingerprint density at radius 3 is 1.06 bits per heavy atom. The molecule has 0 saturated heterocycles. The van der Waals surface area contributed by atoms with Crippen molar-refractivity contribution in [2.45, 2.75) is 195 Å². The van der Waals surface area contributed by atoms with Gasteiger partial charge in [-0.3, -0.25) is 0 Å². The molecule has 2 unspecified atom stereocenters. The van der Waals surface area contributed by atoms with Crippen molar-refractivity contribution in [3.8, 4) is 71.0 Å². The fraction of sp³-hybridized carbons (Fsp3) is 0.471. The summed E-state index contributed by atoms with van der Waals surface area (Å²) in [7, 11) is -2.85. The van der Waals surface area contributed by atoms with Crippen molar-refractivity contribution in [3.05, 3.63) is 93.7 Å². The van der Waals surface area contributed by atoms with Crippen molar-refractivity contribution in [3.63, 3.8) is 0 Å². The van der Waals surface area contributed by atoms with Gasteiger partial charge in [0.1, 0.15) is 30.1 Å². The lowest BCUT2D eigenvalue weighted by Crippen LogP contribution is -2.56. The van der Waals surface area contributed by atoms with Crippen LogP contribution in [0, 0.1) is 35.1 Å². The van der Waals surface area contributed by atoms with Crippen molar-refractivity contribution < 1.29 is 17.6 Å². The first kappa shape index (κ1) is 62.8. The molecule has 1 aliphatic rings. The minimum absolute atomic E-state index is 0.157. The van der Waals surface area contributed by atoms with Gasteiger partial charge in [0.25, 0.3) is 0 Å². The molecule has 0 N–H and O–H groups in total. The molecule has 0 bridgehead atoms. The Hall–Kier alpha value is -3.78. The molecule has 0 saturated carbocycles. The maximum Gasteiger partial charge on any atom is 0.170 e. The van der Waals surface area contributed by atoms with Crippen molar-refractivity contribution in [2.24, 2.45) is 11.8 Å². The molecule has 0 radical (unpaired) electrons. The van der Waals surface area contributed by atoms with E-state index in [1.807, 2.05) is 24.3 Å². The van der Waals surface area contributed by atoms with Gasteiger partial charge in [0.2, 0.25) is 0 Å². The zero-order valence-corrected chi connectivity index (χ0v) is 57.5. The van der Waals surface area contributed by atoms with Crippen LogP contribution in [0.25, 0.3) is 93.1 Å². The lowest BCUT2D eigenvalue weighted by Gasteiger charge is -2.35. The fourth-order valence-corrected chi connectivity index (χ4v) is 29.1. The molecule has 10 aromatic rings. The molecule has 0 fully saturated rings. The summed E-state index contributed by atoms with van der Waals surface area (Å²) in [6, 6.07) is 23.0. The van der Waals surface area contributed by atoms with Gasteiger partial charge < -0.3 is 0 Å². The van der Waals surface area contributed by atoms with E-state index in [-0.39, 0.29) is 22.3 Å². The van der Waals surface area contributed by atoms with Crippen LogP contribution in [0.3, 0.4) is 0 Å². The topological polar surface area (TPSA) is 51.6 Å². The average molecular weight is 1310 g/mol. The molecule has 0 spiro atoms. The Kier molecular flexibility index (Phi) is 21.3. The molecule has 0 aliphatic carbocycles. The van der Waals surface area contributed by atoms with Crippen LogP contribution < -0.4 is 10.4 Å². The molecule has 1 aliphatic heterocycles. The van der Waals surface area contributed by atoms with Gasteiger partial charge >= 0.3 is 0 Å². The van der Waals surface area contributed by atoms with Gasteiger partial charge in [0.05, 0.1) is 45.7 Å². The minimum Gasteiger partial charge on any atom is -0.203 e. The molecule has 2 aromatic carbocycles. The molecule has 85 heavy (non-hydrogen) atoms. The van der Waals surface area contributed by atoms with Crippen LogP contribution in [-0.4, -0.2) is 25.6 Å². The molecule has 9 heterocycles. The Morgan fingerprint density at radius 2 is 0.694 bits per heavy atom. The smallest absolute Gasteiger partial charge is 0.170 e. The van der Waals surface area contributed by atoms with Crippen LogP contribution in [0.5, 0.6) is 0 Å². The maximum atomic E-state index is 17.7. The van der Waals surface area contributed by atoms with E-state index in [0.717, 1.165) is 129 Å². The standard InChI is InChI=1S/C68H78F4N4S8Si/c1-7-13-17-21-25-41(11-5)39-85(40-42(12-6)26-22-18-14-8-2)53-37-51(57-61(71)59(69)55(63-65(57)75-83-73-63)49-35-33-47(79-49)45-31-29-43(77-45)27-23-19-15-9-3)81-67(53)68-54(85)38-52(82-68)58-62(72)60(70)56(64-66(58)76-84-74-64)50-36-34-48(80-50)46-32-30-44(78-46)28-24-20-16-10-4/h29-38,41-42H,7-28,39-40H2,1-6H3. The van der Waals surface area contributed by atoms with E-state index in [1.165, 1.54) is 143 Å². The predicted octanol–water partition coefficient (Wildman–Crippen LogP) is 24.4. The third-order valence-corrected chi connectivity index (χ3v) is 32.0. The monoisotopic (exact) mass is 1310 g/mol. The zero-order chi connectivity index (χ0) is 59.2. The second kappa shape index (κ2) is 28.8. The molecular weight excluding hydrogens is 1230 g/mol. The minimum atomic E-state index is -2.85. The lowest BCUT2D eigenvalue weighted by atomic mass is 10.00. The third kappa shape index (κ3) is 13.0. The Balaban J connectivity index is 1.02. The van der Waals surface area contributed by atoms with Crippen molar-refractivity contribution >= 4 is 132 Å². The van der Waals surface area contributed by atoms with E-state index in [1.54, 1.807) is 22.7 Å². The Labute approximate surface area is 533 Å². The van der Waals surface area contributed by atoms with Crippen molar-refractivity contribution in [1.29, 1.82) is 0 Å². The van der Waals surface area contributed by atoms with Crippen LogP contribution >= 0.6 is 91.5 Å². The molecule has 0 amide bonds.